The molecule has 0 aromatic heterocycles. The molecule has 0 amide bonds. The lowest BCUT2D eigenvalue weighted by atomic mass is 10.1. The number of nitrogens with two attached hydrogens (primary N) is 1. The van der Waals surface area contributed by atoms with E-state index in [0.717, 1.165) is 0 Å². The summed E-state index contributed by atoms with van der Waals surface area (Å²) in [6, 6.07) is 2.92. The first-order valence-corrected chi connectivity index (χ1v) is 3.73. The van der Waals surface area contributed by atoms with Crippen LogP contribution in [0.3, 0.4) is 0 Å². The largest absolute Gasteiger partial charge is 0.495 e. The van der Waals surface area contributed by atoms with Crippen molar-refractivity contribution in [2.45, 2.75) is 6.92 Å². The van der Waals surface area contributed by atoms with Gasteiger partial charge >= 0.3 is 5.97 Å². The maximum absolute atomic E-state index is 10.6. The quantitative estimate of drug-likeness (QED) is 0.674. The molecule has 0 aliphatic rings. The molecule has 0 saturated carbocycles. The second-order valence-corrected chi connectivity index (χ2v) is 2.71. The van der Waals surface area contributed by atoms with Crippen LogP contribution in [-0.2, 0) is 0 Å². The summed E-state index contributed by atoms with van der Waals surface area (Å²) in [6.45, 7) is 1.74. The van der Waals surface area contributed by atoms with Crippen LogP contribution >= 0.6 is 0 Å². The molecule has 4 heteroatoms. The fraction of sp³-hybridized carbons (Fsp3) is 0.222. The summed E-state index contributed by atoms with van der Waals surface area (Å²) in [5.41, 5.74) is 7.01. The van der Waals surface area contributed by atoms with Crippen molar-refractivity contribution >= 4 is 11.7 Å². The number of aromatic carboxylic acids is 1. The minimum absolute atomic E-state index is 0.184. The molecule has 0 fully saturated rings. The first-order valence-electron chi connectivity index (χ1n) is 3.73. The van der Waals surface area contributed by atoms with Crippen LogP contribution in [0, 0.1) is 6.92 Å². The summed E-state index contributed by atoms with van der Waals surface area (Å²) in [5.74, 6) is -0.584. The second-order valence-electron chi connectivity index (χ2n) is 2.71. The van der Waals surface area contributed by atoms with Crippen LogP contribution in [0.25, 0.3) is 0 Å². The molecule has 0 radical (unpaired) electrons. The molecule has 0 bridgehead atoms. The van der Waals surface area contributed by atoms with E-state index in [0.29, 0.717) is 17.0 Å². The third kappa shape index (κ3) is 1.72. The molecule has 0 spiro atoms. The monoisotopic (exact) mass is 181 g/mol. The highest BCUT2D eigenvalue weighted by Crippen LogP contribution is 2.26. The van der Waals surface area contributed by atoms with E-state index in [1.54, 1.807) is 6.92 Å². The molecule has 1 rings (SSSR count). The number of methoxy groups -OCH3 is 1. The Morgan fingerprint density at radius 1 is 1.54 bits per heavy atom. The minimum Gasteiger partial charge on any atom is -0.495 e. The Morgan fingerprint density at radius 3 is 2.62 bits per heavy atom. The highest BCUT2D eigenvalue weighted by atomic mass is 16.5. The van der Waals surface area contributed by atoms with E-state index >= 15 is 0 Å². The predicted octanol–water partition coefficient (Wildman–Crippen LogP) is 1.28. The first-order chi connectivity index (χ1) is 6.06. The van der Waals surface area contributed by atoms with Crippen LogP contribution in [0.5, 0.6) is 5.75 Å². The first kappa shape index (κ1) is 9.38. The van der Waals surface area contributed by atoms with Crippen molar-refractivity contribution in [1.82, 2.24) is 0 Å². The molecule has 0 atom stereocenters. The second kappa shape index (κ2) is 3.35. The zero-order valence-electron chi connectivity index (χ0n) is 7.50. The van der Waals surface area contributed by atoms with Crippen LogP contribution in [0.4, 0.5) is 5.69 Å². The summed E-state index contributed by atoms with van der Waals surface area (Å²) < 4.78 is 4.93. The van der Waals surface area contributed by atoms with Gasteiger partial charge in [0.25, 0.3) is 0 Å². The summed E-state index contributed by atoms with van der Waals surface area (Å²) in [4.78, 5) is 10.6. The average Bonchev–Trinajstić information content (AvgIpc) is 2.09. The molecule has 0 aliphatic carbocycles. The highest BCUT2D eigenvalue weighted by Gasteiger charge is 2.09. The van der Waals surface area contributed by atoms with Crippen molar-refractivity contribution in [3.05, 3.63) is 23.3 Å². The van der Waals surface area contributed by atoms with Gasteiger partial charge in [-0.25, -0.2) is 4.79 Å². The number of aryl methyl sites for hydroxylation is 1. The third-order valence-electron chi connectivity index (χ3n) is 1.82. The van der Waals surface area contributed by atoms with Gasteiger partial charge < -0.3 is 15.6 Å². The summed E-state index contributed by atoms with van der Waals surface area (Å²) in [5, 5.41) is 8.72. The maximum Gasteiger partial charge on any atom is 0.335 e. The maximum atomic E-state index is 10.6. The Balaban J connectivity index is 3.30. The molecule has 1 aromatic rings. The van der Waals surface area contributed by atoms with E-state index in [2.05, 4.69) is 0 Å². The van der Waals surface area contributed by atoms with E-state index < -0.39 is 5.97 Å². The molecule has 70 valence electrons. The topological polar surface area (TPSA) is 72.5 Å². The van der Waals surface area contributed by atoms with Gasteiger partial charge in [-0.2, -0.15) is 0 Å². The van der Waals surface area contributed by atoms with Gasteiger partial charge in [0.1, 0.15) is 5.75 Å². The highest BCUT2D eigenvalue weighted by molar-refractivity contribution is 5.89. The van der Waals surface area contributed by atoms with Gasteiger partial charge in [-0.15, -0.1) is 0 Å². The summed E-state index contributed by atoms with van der Waals surface area (Å²) in [7, 11) is 1.46. The molecule has 0 aliphatic heterocycles. The van der Waals surface area contributed by atoms with Crippen LogP contribution in [-0.4, -0.2) is 18.2 Å². The molecule has 13 heavy (non-hydrogen) atoms. The normalized spacial score (nSPS) is 9.69. The van der Waals surface area contributed by atoms with Gasteiger partial charge in [-0.05, 0) is 24.6 Å². The summed E-state index contributed by atoms with van der Waals surface area (Å²) >= 11 is 0. The molecule has 4 nitrogen and oxygen atoms in total. The number of hydrogen-bond acceptors (Lipinski definition) is 3. The van der Waals surface area contributed by atoms with Crippen molar-refractivity contribution in [1.29, 1.82) is 0 Å². The third-order valence-corrected chi connectivity index (χ3v) is 1.82. The Bertz CT molecular complexity index is 347. The standard InChI is InChI=1S/C9H11NO3/c1-5-3-6(9(11)12)4-7(13-2)8(5)10/h3-4H,10H2,1-2H3,(H,11,12). The lowest BCUT2D eigenvalue weighted by molar-refractivity contribution is 0.0696. The minimum atomic E-state index is -0.985. The lowest BCUT2D eigenvalue weighted by Gasteiger charge is -2.08. The van der Waals surface area contributed by atoms with E-state index in [4.69, 9.17) is 15.6 Å². The molecular formula is C9H11NO3. The number of anilines is 1. The average molecular weight is 181 g/mol. The molecule has 0 heterocycles. The van der Waals surface area contributed by atoms with Gasteiger partial charge in [0.2, 0.25) is 0 Å². The number of ether oxygens (including phenoxy) is 1. The number of hydrogen-bond donors (Lipinski definition) is 2. The Kier molecular flexibility index (Phi) is 2.41. The number of carboxylic acid groups (broad SMARTS) is 1. The lowest BCUT2D eigenvalue weighted by Crippen LogP contribution is -2.01. The van der Waals surface area contributed by atoms with Gasteiger partial charge in [-0.3, -0.25) is 0 Å². The smallest absolute Gasteiger partial charge is 0.335 e. The van der Waals surface area contributed by atoms with Crippen LogP contribution in [0.1, 0.15) is 15.9 Å². The zero-order valence-corrected chi connectivity index (χ0v) is 7.50. The van der Waals surface area contributed by atoms with E-state index in [-0.39, 0.29) is 5.56 Å². The van der Waals surface area contributed by atoms with E-state index in [1.807, 2.05) is 0 Å². The summed E-state index contributed by atoms with van der Waals surface area (Å²) in [6.07, 6.45) is 0. The Labute approximate surface area is 75.9 Å². The molecule has 0 saturated heterocycles. The van der Waals surface area contributed by atoms with Gasteiger partial charge in [0.05, 0.1) is 18.4 Å². The number of carboxylic acids is 1. The molecular weight excluding hydrogens is 170 g/mol. The van der Waals surface area contributed by atoms with Crippen LogP contribution in [0.15, 0.2) is 12.1 Å². The number of rotatable bonds is 2. The Morgan fingerprint density at radius 2 is 2.15 bits per heavy atom. The van der Waals surface area contributed by atoms with Gasteiger partial charge in [0.15, 0.2) is 0 Å². The number of benzene rings is 1. The van der Waals surface area contributed by atoms with Crippen molar-refractivity contribution in [3.8, 4) is 5.75 Å². The predicted molar refractivity (Wildman–Crippen MR) is 49.1 cm³/mol. The molecule has 3 N–H and O–H groups in total. The SMILES string of the molecule is COc1cc(C(=O)O)cc(C)c1N. The fourth-order valence-electron chi connectivity index (χ4n) is 1.06. The van der Waals surface area contributed by atoms with E-state index in [9.17, 15) is 4.79 Å². The Hall–Kier alpha value is -1.71. The van der Waals surface area contributed by atoms with E-state index in [1.165, 1.54) is 19.2 Å². The number of nitrogen functional groups attached to an aromatic ring is 1. The zero-order chi connectivity index (χ0) is 10.0. The molecule has 0 unspecified atom stereocenters. The van der Waals surface area contributed by atoms with Crippen LogP contribution in [0.2, 0.25) is 0 Å². The number of carbonyl (C=O) groups is 1. The van der Waals surface area contributed by atoms with Gasteiger partial charge in [0, 0.05) is 0 Å². The van der Waals surface area contributed by atoms with Crippen molar-refractivity contribution < 1.29 is 14.6 Å². The molecule has 1 aromatic carbocycles. The fourth-order valence-corrected chi connectivity index (χ4v) is 1.06. The van der Waals surface area contributed by atoms with Crippen molar-refractivity contribution in [3.63, 3.8) is 0 Å². The van der Waals surface area contributed by atoms with Crippen LogP contribution < -0.4 is 10.5 Å². The van der Waals surface area contributed by atoms with Crippen molar-refractivity contribution in [2.75, 3.05) is 12.8 Å². The van der Waals surface area contributed by atoms with Crippen molar-refractivity contribution in [2.24, 2.45) is 0 Å². The van der Waals surface area contributed by atoms with Gasteiger partial charge in [-0.1, -0.05) is 0 Å².